The molecule has 17 nitrogen and oxygen atoms in total. The first-order valence-electron chi connectivity index (χ1n) is 23.5. The van der Waals surface area contributed by atoms with E-state index in [0.29, 0.717) is 24.9 Å². The summed E-state index contributed by atoms with van der Waals surface area (Å²) < 4.78 is 7.15. The molecule has 1 heterocycles. The molecule has 0 saturated carbocycles. The van der Waals surface area contributed by atoms with Crippen LogP contribution in [-0.4, -0.2) is 186 Å². The smallest absolute Gasteiger partial charge is 0.328 e. The van der Waals surface area contributed by atoms with Gasteiger partial charge in [0.2, 0.25) is 41.4 Å². The number of esters is 1. The second-order valence-electron chi connectivity index (χ2n) is 18.3. The fourth-order valence-electron chi connectivity index (χ4n) is 8.60. The summed E-state index contributed by atoms with van der Waals surface area (Å²) in [6.45, 7) is 3.22. The van der Waals surface area contributed by atoms with E-state index in [1.807, 2.05) is 103 Å². The van der Waals surface area contributed by atoms with Gasteiger partial charge in [0.05, 0.1) is 13.5 Å². The number of para-hydroxylation sites is 1. The molecule has 4 aromatic rings. The molecule has 3 aromatic carbocycles. The predicted molar refractivity (Wildman–Crippen MR) is 268 cm³/mol. The molecule has 0 bridgehead atoms. The van der Waals surface area contributed by atoms with E-state index in [2.05, 4.69) is 0 Å². The molecule has 1 aromatic heterocycles. The maximum absolute atomic E-state index is 15.5. The van der Waals surface area contributed by atoms with Crippen molar-refractivity contribution in [2.24, 2.45) is 7.05 Å². The van der Waals surface area contributed by atoms with Gasteiger partial charge in [0.15, 0.2) is 0 Å². The molecule has 0 spiro atoms. The van der Waals surface area contributed by atoms with Gasteiger partial charge in [0.1, 0.15) is 30.2 Å². The number of ether oxygens (including phenoxy) is 1. The predicted octanol–water partition coefficient (Wildman–Crippen LogP) is 3.66. The number of unbranched alkanes of at least 4 members (excludes halogenated alkanes) is 1. The summed E-state index contributed by atoms with van der Waals surface area (Å²) in [7, 11) is 15.4. The molecule has 0 N–H and O–H groups in total. The molecule has 70 heavy (non-hydrogen) atoms. The number of fused-ring (bicyclic) bond motifs is 1. The van der Waals surface area contributed by atoms with Crippen LogP contribution in [0.15, 0.2) is 91.1 Å². The van der Waals surface area contributed by atoms with E-state index in [-0.39, 0.29) is 38.0 Å². The van der Waals surface area contributed by atoms with Crippen LogP contribution in [0.5, 0.6) is 0 Å². The Morgan fingerprint density at radius 2 is 0.971 bits per heavy atom. The van der Waals surface area contributed by atoms with Gasteiger partial charge in [-0.3, -0.25) is 33.6 Å². The number of likely N-dealkylation sites (N-methyl/N-ethyl adjacent to an activating group) is 5. The van der Waals surface area contributed by atoms with Crippen LogP contribution in [-0.2, 0) is 69.4 Å². The standard InChI is InChI=1S/C53H72N8O9/c1-36(62)55(5)30-22-21-29-43(53(69)70-12)58(8)51(67)46(33-40-35-56(6)42-28-20-19-27-41(40)42)61(11)50(66)45(32-39-25-17-14-18-26-39)59(9)49(65)44(31-38-23-15-13-16-24-38)60(10)52(68)47(57(7)37(2)63)34-48(64)54(3)4/h13-20,23-28,35,43-47H,21-22,29-34H2,1-12H3. The third kappa shape index (κ3) is 14.0. The van der Waals surface area contributed by atoms with E-state index in [4.69, 9.17) is 4.74 Å². The number of rotatable bonds is 23. The molecule has 5 atom stereocenters. The second kappa shape index (κ2) is 25.5. The van der Waals surface area contributed by atoms with Crippen molar-refractivity contribution in [2.45, 2.75) is 89.0 Å². The molecular formula is C53H72N8O9. The van der Waals surface area contributed by atoms with Crippen LogP contribution in [0.4, 0.5) is 0 Å². The van der Waals surface area contributed by atoms with Crippen molar-refractivity contribution in [2.75, 3.05) is 70.0 Å². The summed E-state index contributed by atoms with van der Waals surface area (Å²) in [6, 6.07) is 20.0. The fraction of sp³-hybridized carbons (Fsp3) is 0.472. The average Bonchev–Trinajstić information content (AvgIpc) is 3.67. The van der Waals surface area contributed by atoms with Gasteiger partial charge in [-0.05, 0) is 42.0 Å². The van der Waals surface area contributed by atoms with E-state index in [0.717, 1.165) is 22.0 Å². The van der Waals surface area contributed by atoms with E-state index in [1.165, 1.54) is 85.6 Å². The quantitative estimate of drug-likeness (QED) is 0.0795. The summed E-state index contributed by atoms with van der Waals surface area (Å²) in [5.41, 5.74) is 3.12. The van der Waals surface area contributed by atoms with Crippen LogP contribution >= 0.6 is 0 Å². The molecule has 0 aliphatic carbocycles. The SMILES string of the molecule is COC(=O)C(CCCCN(C)C(C)=O)N(C)C(=O)C(Cc1cn(C)c2ccccc12)N(C)C(=O)C(Cc1ccccc1)N(C)C(=O)C(Cc1ccccc1)N(C)C(=O)C(CC(=O)N(C)C)N(C)C(C)=O. The van der Waals surface area contributed by atoms with Crippen molar-refractivity contribution in [3.8, 4) is 0 Å². The van der Waals surface area contributed by atoms with Crippen LogP contribution in [0.25, 0.3) is 10.9 Å². The minimum absolute atomic E-state index is 0.0272. The zero-order valence-electron chi connectivity index (χ0n) is 43.0. The second-order valence-corrected chi connectivity index (χ2v) is 18.3. The van der Waals surface area contributed by atoms with E-state index < -0.39 is 71.6 Å². The first-order chi connectivity index (χ1) is 33.1. The van der Waals surface area contributed by atoms with Gasteiger partial charge >= 0.3 is 5.97 Å². The van der Waals surface area contributed by atoms with Gasteiger partial charge in [-0.1, -0.05) is 78.9 Å². The number of methoxy groups -OCH3 is 1. The maximum atomic E-state index is 15.5. The highest BCUT2D eigenvalue weighted by Gasteiger charge is 2.42. The molecule has 0 aliphatic rings. The van der Waals surface area contributed by atoms with Gasteiger partial charge in [-0.25, -0.2) is 4.79 Å². The Morgan fingerprint density at radius 1 is 0.529 bits per heavy atom. The minimum atomic E-state index is -1.24. The van der Waals surface area contributed by atoms with Crippen molar-refractivity contribution in [3.05, 3.63) is 108 Å². The number of nitrogens with zero attached hydrogens (tertiary/aromatic N) is 8. The first kappa shape index (κ1) is 55.6. The molecule has 17 heteroatoms. The highest BCUT2D eigenvalue weighted by molar-refractivity contribution is 5.97. The van der Waals surface area contributed by atoms with Crippen LogP contribution < -0.4 is 0 Å². The Morgan fingerprint density at radius 3 is 1.43 bits per heavy atom. The third-order valence-corrected chi connectivity index (χ3v) is 13.4. The number of aromatic nitrogens is 1. The molecular weight excluding hydrogens is 893 g/mol. The Bertz CT molecular complexity index is 2460. The zero-order chi connectivity index (χ0) is 52.0. The molecule has 0 fully saturated rings. The molecule has 378 valence electrons. The topological polar surface area (TPSA) is 173 Å². The Kier molecular flexibility index (Phi) is 20.3. The molecule has 4 rings (SSSR count). The summed E-state index contributed by atoms with van der Waals surface area (Å²) in [5, 5.41) is 0.871. The number of aryl methyl sites for hydroxylation is 1. The van der Waals surface area contributed by atoms with Crippen molar-refractivity contribution in [1.82, 2.24) is 38.9 Å². The molecule has 0 aliphatic heterocycles. The van der Waals surface area contributed by atoms with Crippen molar-refractivity contribution >= 4 is 58.2 Å². The average molecular weight is 965 g/mol. The van der Waals surface area contributed by atoms with Crippen LogP contribution in [0.2, 0.25) is 0 Å². The monoisotopic (exact) mass is 965 g/mol. The molecule has 5 unspecified atom stereocenters. The number of benzene rings is 3. The lowest BCUT2D eigenvalue weighted by molar-refractivity contribution is -0.157. The van der Waals surface area contributed by atoms with Crippen LogP contribution in [0.1, 0.15) is 56.2 Å². The summed E-state index contributed by atoms with van der Waals surface area (Å²) in [6.07, 6.45) is 2.97. The van der Waals surface area contributed by atoms with Gasteiger partial charge in [-0.15, -0.1) is 0 Å². The zero-order valence-corrected chi connectivity index (χ0v) is 43.0. The van der Waals surface area contributed by atoms with Crippen molar-refractivity contribution in [3.63, 3.8) is 0 Å². The Hall–Kier alpha value is -7.04. The van der Waals surface area contributed by atoms with Gasteiger partial charge < -0.3 is 43.6 Å². The van der Waals surface area contributed by atoms with Gasteiger partial charge in [0, 0.05) is 120 Å². The van der Waals surface area contributed by atoms with Gasteiger partial charge in [0.25, 0.3) is 0 Å². The van der Waals surface area contributed by atoms with Crippen LogP contribution in [0, 0.1) is 0 Å². The lowest BCUT2D eigenvalue weighted by atomic mass is 9.97. The summed E-state index contributed by atoms with van der Waals surface area (Å²) >= 11 is 0. The molecule has 0 radical (unpaired) electrons. The van der Waals surface area contributed by atoms with Gasteiger partial charge in [-0.2, -0.15) is 0 Å². The summed E-state index contributed by atoms with van der Waals surface area (Å²) in [4.78, 5) is 121. The van der Waals surface area contributed by atoms with E-state index >= 15 is 14.4 Å². The van der Waals surface area contributed by atoms with Crippen molar-refractivity contribution in [1.29, 1.82) is 0 Å². The van der Waals surface area contributed by atoms with E-state index in [9.17, 15) is 24.0 Å². The minimum Gasteiger partial charge on any atom is -0.467 e. The maximum Gasteiger partial charge on any atom is 0.328 e. The lowest BCUT2D eigenvalue weighted by Crippen LogP contribution is -2.61. The third-order valence-electron chi connectivity index (χ3n) is 13.4. The number of amides is 7. The highest BCUT2D eigenvalue weighted by atomic mass is 16.5. The fourth-order valence-corrected chi connectivity index (χ4v) is 8.60. The largest absolute Gasteiger partial charge is 0.467 e. The Balaban J connectivity index is 1.82. The normalized spacial score (nSPS) is 13.2. The Labute approximate surface area is 412 Å². The summed E-state index contributed by atoms with van der Waals surface area (Å²) in [5.74, 6) is -3.93. The van der Waals surface area contributed by atoms with Crippen LogP contribution in [0.3, 0.4) is 0 Å². The van der Waals surface area contributed by atoms with E-state index in [1.54, 1.807) is 26.0 Å². The number of hydrogen-bond acceptors (Lipinski definition) is 9. The molecule has 7 amide bonds. The highest BCUT2D eigenvalue weighted by Crippen LogP contribution is 2.26. The first-order valence-corrected chi connectivity index (χ1v) is 23.5. The number of carbonyl (C=O) groups excluding carboxylic acids is 8. The number of hydrogen-bond donors (Lipinski definition) is 0. The van der Waals surface area contributed by atoms with Crippen molar-refractivity contribution < 1.29 is 43.1 Å². The molecule has 0 saturated heterocycles. The lowest BCUT2D eigenvalue weighted by Gasteiger charge is -2.39. The number of carbonyl (C=O) groups is 8.